The van der Waals surface area contributed by atoms with E-state index < -0.39 is 5.97 Å². The summed E-state index contributed by atoms with van der Waals surface area (Å²) < 4.78 is 0. The van der Waals surface area contributed by atoms with Crippen LogP contribution in [0.2, 0.25) is 0 Å². The van der Waals surface area contributed by atoms with Crippen molar-refractivity contribution in [1.29, 1.82) is 0 Å². The molecule has 0 aliphatic rings. The molecule has 0 spiro atoms. The SMILES string of the molecule is CC(C(=O)N(CC(=O)O)Cc1ccccc1)c1ccsc1. The molecule has 110 valence electrons. The molecule has 1 unspecified atom stereocenters. The third kappa shape index (κ3) is 4.16. The van der Waals surface area contributed by atoms with Crippen molar-refractivity contribution >= 4 is 23.2 Å². The van der Waals surface area contributed by atoms with Crippen LogP contribution >= 0.6 is 11.3 Å². The first-order valence-corrected chi connectivity index (χ1v) is 7.59. The molecule has 1 N–H and O–H groups in total. The van der Waals surface area contributed by atoms with Gasteiger partial charge < -0.3 is 10.0 Å². The summed E-state index contributed by atoms with van der Waals surface area (Å²) in [6, 6.07) is 11.3. The van der Waals surface area contributed by atoms with Gasteiger partial charge in [0.25, 0.3) is 0 Å². The first kappa shape index (κ1) is 15.3. The molecule has 1 aromatic heterocycles. The summed E-state index contributed by atoms with van der Waals surface area (Å²) in [7, 11) is 0. The van der Waals surface area contributed by atoms with Crippen molar-refractivity contribution in [3.8, 4) is 0 Å². The molecule has 1 aromatic carbocycles. The van der Waals surface area contributed by atoms with Crippen LogP contribution in [-0.4, -0.2) is 28.4 Å². The van der Waals surface area contributed by atoms with Crippen LogP contribution < -0.4 is 0 Å². The van der Waals surface area contributed by atoms with Gasteiger partial charge in [-0.2, -0.15) is 11.3 Å². The molecule has 0 aliphatic heterocycles. The number of benzene rings is 1. The summed E-state index contributed by atoms with van der Waals surface area (Å²) in [5.74, 6) is -1.50. The number of carbonyl (C=O) groups excluding carboxylic acids is 1. The Morgan fingerprint density at radius 1 is 1.24 bits per heavy atom. The second-order valence-corrected chi connectivity index (χ2v) is 5.63. The molecule has 0 fully saturated rings. The summed E-state index contributed by atoms with van der Waals surface area (Å²) in [6.45, 7) is 1.83. The van der Waals surface area contributed by atoms with Gasteiger partial charge in [0, 0.05) is 6.54 Å². The lowest BCUT2D eigenvalue weighted by atomic mass is 10.0. The number of aliphatic carboxylic acids is 1. The molecular formula is C16H17NO3S. The predicted octanol–water partition coefficient (Wildman–Crippen LogP) is 2.97. The summed E-state index contributed by atoms with van der Waals surface area (Å²) in [4.78, 5) is 25.0. The monoisotopic (exact) mass is 303 g/mol. The van der Waals surface area contributed by atoms with Crippen molar-refractivity contribution < 1.29 is 14.7 Å². The average molecular weight is 303 g/mol. The van der Waals surface area contributed by atoms with Gasteiger partial charge in [0.1, 0.15) is 6.54 Å². The van der Waals surface area contributed by atoms with Crippen LogP contribution in [0.15, 0.2) is 47.2 Å². The first-order valence-electron chi connectivity index (χ1n) is 6.64. The van der Waals surface area contributed by atoms with Crippen LogP contribution in [0.25, 0.3) is 0 Å². The van der Waals surface area contributed by atoms with E-state index in [2.05, 4.69) is 0 Å². The molecule has 5 heteroatoms. The smallest absolute Gasteiger partial charge is 0.323 e. The Kier molecular flexibility index (Phi) is 5.11. The van der Waals surface area contributed by atoms with E-state index in [-0.39, 0.29) is 18.4 Å². The lowest BCUT2D eigenvalue weighted by molar-refractivity contribution is -0.145. The highest BCUT2D eigenvalue weighted by atomic mass is 32.1. The number of nitrogens with zero attached hydrogens (tertiary/aromatic N) is 1. The van der Waals surface area contributed by atoms with E-state index in [0.29, 0.717) is 6.54 Å². The van der Waals surface area contributed by atoms with E-state index >= 15 is 0 Å². The van der Waals surface area contributed by atoms with Crippen LogP contribution in [0.5, 0.6) is 0 Å². The Balaban J connectivity index is 2.15. The van der Waals surface area contributed by atoms with Crippen LogP contribution in [0.3, 0.4) is 0 Å². The van der Waals surface area contributed by atoms with Crippen molar-refractivity contribution in [2.24, 2.45) is 0 Å². The maximum atomic E-state index is 12.5. The van der Waals surface area contributed by atoms with E-state index in [0.717, 1.165) is 11.1 Å². The minimum absolute atomic E-state index is 0.167. The Morgan fingerprint density at radius 3 is 2.52 bits per heavy atom. The average Bonchev–Trinajstić information content (AvgIpc) is 3.00. The fraction of sp³-hybridized carbons (Fsp3) is 0.250. The molecule has 0 saturated heterocycles. The van der Waals surface area contributed by atoms with Crippen molar-refractivity contribution in [1.82, 2.24) is 4.90 Å². The summed E-state index contributed by atoms with van der Waals surface area (Å²) in [5, 5.41) is 12.9. The van der Waals surface area contributed by atoms with Gasteiger partial charge in [-0.25, -0.2) is 0 Å². The molecule has 0 aliphatic carbocycles. The van der Waals surface area contributed by atoms with E-state index in [1.54, 1.807) is 0 Å². The molecule has 0 saturated carbocycles. The minimum atomic E-state index is -1.00. The van der Waals surface area contributed by atoms with Crippen LogP contribution in [0.4, 0.5) is 0 Å². The first-order chi connectivity index (χ1) is 10.1. The number of carboxylic acid groups (broad SMARTS) is 1. The van der Waals surface area contributed by atoms with Gasteiger partial charge in [0.15, 0.2) is 0 Å². The molecule has 1 amide bonds. The molecule has 2 aromatic rings. The standard InChI is InChI=1S/C16H17NO3S/c1-12(14-7-8-21-11-14)16(20)17(10-15(18)19)9-13-5-3-2-4-6-13/h2-8,11-12H,9-10H2,1H3,(H,18,19). The quantitative estimate of drug-likeness (QED) is 0.892. The van der Waals surface area contributed by atoms with E-state index in [1.807, 2.05) is 54.1 Å². The lowest BCUT2D eigenvalue weighted by Crippen LogP contribution is -2.37. The van der Waals surface area contributed by atoms with E-state index in [1.165, 1.54) is 16.2 Å². The highest BCUT2D eigenvalue weighted by Gasteiger charge is 2.24. The van der Waals surface area contributed by atoms with Gasteiger partial charge in [-0.15, -0.1) is 0 Å². The third-order valence-corrected chi connectivity index (χ3v) is 3.97. The van der Waals surface area contributed by atoms with Crippen LogP contribution in [-0.2, 0) is 16.1 Å². The predicted molar refractivity (Wildman–Crippen MR) is 82.2 cm³/mol. The number of hydrogen-bond acceptors (Lipinski definition) is 3. The van der Waals surface area contributed by atoms with Crippen molar-refractivity contribution in [3.05, 3.63) is 58.3 Å². The Hall–Kier alpha value is -2.14. The number of thiophene rings is 1. The Bertz CT molecular complexity index is 595. The zero-order valence-corrected chi connectivity index (χ0v) is 12.5. The zero-order chi connectivity index (χ0) is 15.2. The van der Waals surface area contributed by atoms with Gasteiger partial charge in [0.05, 0.1) is 5.92 Å². The molecule has 0 radical (unpaired) electrons. The number of hydrogen-bond donors (Lipinski definition) is 1. The maximum absolute atomic E-state index is 12.5. The fourth-order valence-electron chi connectivity index (χ4n) is 2.12. The highest BCUT2D eigenvalue weighted by Crippen LogP contribution is 2.21. The van der Waals surface area contributed by atoms with Crippen LogP contribution in [0, 0.1) is 0 Å². The van der Waals surface area contributed by atoms with Gasteiger partial charge >= 0.3 is 5.97 Å². The van der Waals surface area contributed by atoms with Gasteiger partial charge in [-0.05, 0) is 34.9 Å². The zero-order valence-electron chi connectivity index (χ0n) is 11.7. The van der Waals surface area contributed by atoms with Crippen molar-refractivity contribution in [2.45, 2.75) is 19.4 Å². The summed E-state index contributed by atoms with van der Waals surface area (Å²) in [5.41, 5.74) is 1.85. The number of carboxylic acids is 1. The lowest BCUT2D eigenvalue weighted by Gasteiger charge is -2.24. The minimum Gasteiger partial charge on any atom is -0.480 e. The second-order valence-electron chi connectivity index (χ2n) is 4.85. The van der Waals surface area contributed by atoms with Crippen molar-refractivity contribution in [2.75, 3.05) is 6.54 Å². The number of carbonyl (C=O) groups is 2. The molecule has 0 bridgehead atoms. The Labute approximate surface area is 127 Å². The summed E-state index contributed by atoms with van der Waals surface area (Å²) in [6.07, 6.45) is 0. The molecule has 2 rings (SSSR count). The van der Waals surface area contributed by atoms with Gasteiger partial charge in [-0.3, -0.25) is 9.59 Å². The van der Waals surface area contributed by atoms with Crippen molar-refractivity contribution in [3.63, 3.8) is 0 Å². The van der Waals surface area contributed by atoms with Gasteiger partial charge in [-0.1, -0.05) is 30.3 Å². The Morgan fingerprint density at radius 2 is 1.95 bits per heavy atom. The maximum Gasteiger partial charge on any atom is 0.323 e. The highest BCUT2D eigenvalue weighted by molar-refractivity contribution is 7.08. The molecular weight excluding hydrogens is 286 g/mol. The molecule has 4 nitrogen and oxygen atoms in total. The van der Waals surface area contributed by atoms with E-state index in [4.69, 9.17) is 5.11 Å². The normalized spacial score (nSPS) is 11.9. The van der Waals surface area contributed by atoms with Gasteiger partial charge in [0.2, 0.25) is 5.91 Å². The third-order valence-electron chi connectivity index (χ3n) is 3.27. The fourth-order valence-corrected chi connectivity index (χ4v) is 2.87. The second kappa shape index (κ2) is 7.04. The topological polar surface area (TPSA) is 57.6 Å². The molecule has 1 atom stereocenters. The van der Waals surface area contributed by atoms with Crippen LogP contribution in [0.1, 0.15) is 24.0 Å². The molecule has 1 heterocycles. The molecule has 21 heavy (non-hydrogen) atoms. The number of amides is 1. The van der Waals surface area contributed by atoms with E-state index in [9.17, 15) is 9.59 Å². The largest absolute Gasteiger partial charge is 0.480 e. The number of rotatable bonds is 6. The summed E-state index contributed by atoms with van der Waals surface area (Å²) >= 11 is 1.53.